The van der Waals surface area contributed by atoms with Crippen molar-refractivity contribution in [3.05, 3.63) is 72.3 Å². The Kier molecular flexibility index (Phi) is 2.27. The van der Waals surface area contributed by atoms with Crippen molar-refractivity contribution < 1.29 is 8.78 Å². The van der Waals surface area contributed by atoms with Crippen LogP contribution in [0.25, 0.3) is 32.3 Å². The predicted molar refractivity (Wildman–Crippen MR) is 78.9 cm³/mol. The van der Waals surface area contributed by atoms with Crippen LogP contribution in [0.4, 0.5) is 8.78 Å². The van der Waals surface area contributed by atoms with Gasteiger partial charge in [-0.05, 0) is 56.6 Å². The summed E-state index contributed by atoms with van der Waals surface area (Å²) in [6, 6.07) is 17.3. The summed E-state index contributed by atoms with van der Waals surface area (Å²) in [6.45, 7) is 0. The van der Waals surface area contributed by atoms with Gasteiger partial charge in [-0.15, -0.1) is 0 Å². The quantitative estimate of drug-likeness (QED) is 0.372. The fourth-order valence-corrected chi connectivity index (χ4v) is 2.83. The number of fused-ring (bicyclic) bond motifs is 5. The molecule has 0 heterocycles. The second-order valence-electron chi connectivity index (χ2n) is 4.96. The van der Waals surface area contributed by atoms with Crippen molar-refractivity contribution in [3.63, 3.8) is 0 Å². The van der Waals surface area contributed by atoms with Crippen LogP contribution in [0.3, 0.4) is 0 Å². The highest BCUT2D eigenvalue weighted by Gasteiger charge is 2.05. The summed E-state index contributed by atoms with van der Waals surface area (Å²) < 4.78 is 26.6. The lowest BCUT2D eigenvalue weighted by molar-refractivity contribution is 0.629. The highest BCUT2D eigenvalue weighted by Crippen LogP contribution is 2.31. The van der Waals surface area contributed by atoms with E-state index in [1.54, 1.807) is 12.1 Å². The Labute approximate surface area is 114 Å². The van der Waals surface area contributed by atoms with Crippen LogP contribution in [0.15, 0.2) is 60.7 Å². The van der Waals surface area contributed by atoms with Crippen molar-refractivity contribution in [1.82, 2.24) is 0 Å². The van der Waals surface area contributed by atoms with Gasteiger partial charge in [-0.3, -0.25) is 0 Å². The molecule has 0 radical (unpaired) electrons. The fourth-order valence-electron chi connectivity index (χ4n) is 2.83. The molecule has 0 nitrogen and oxygen atoms in total. The van der Waals surface area contributed by atoms with Crippen molar-refractivity contribution in [2.75, 3.05) is 0 Å². The van der Waals surface area contributed by atoms with Gasteiger partial charge in [-0.1, -0.05) is 36.4 Å². The summed E-state index contributed by atoms with van der Waals surface area (Å²) >= 11 is 0. The van der Waals surface area contributed by atoms with Gasteiger partial charge in [0.2, 0.25) is 0 Å². The maximum atomic E-state index is 13.3. The molecule has 0 aliphatic carbocycles. The standard InChI is InChI=1S/C18H10F2/c19-13-3-7-15-11(9-13)1-5-17-16-8-4-14(20)10-12(16)2-6-18(15)17/h1-10H. The van der Waals surface area contributed by atoms with Gasteiger partial charge in [0, 0.05) is 0 Å². The molecule has 4 aromatic rings. The first kappa shape index (κ1) is 11.4. The molecular formula is C18H10F2. The molecule has 0 fully saturated rings. The zero-order valence-corrected chi connectivity index (χ0v) is 10.5. The fraction of sp³-hybridized carbons (Fsp3) is 0. The minimum atomic E-state index is -0.236. The zero-order valence-electron chi connectivity index (χ0n) is 10.5. The molecule has 4 rings (SSSR count). The lowest BCUT2D eigenvalue weighted by Gasteiger charge is -2.07. The van der Waals surface area contributed by atoms with Crippen LogP contribution in [-0.2, 0) is 0 Å². The van der Waals surface area contributed by atoms with Gasteiger partial charge in [-0.25, -0.2) is 8.78 Å². The Morgan fingerprint density at radius 2 is 0.850 bits per heavy atom. The molecule has 0 bridgehead atoms. The van der Waals surface area contributed by atoms with Gasteiger partial charge in [0.25, 0.3) is 0 Å². The minimum Gasteiger partial charge on any atom is -0.207 e. The molecule has 0 saturated carbocycles. The number of benzene rings is 4. The molecule has 4 aromatic carbocycles. The van der Waals surface area contributed by atoms with E-state index >= 15 is 0 Å². The highest BCUT2D eigenvalue weighted by molar-refractivity contribution is 6.17. The lowest BCUT2D eigenvalue weighted by atomic mass is 9.97. The van der Waals surface area contributed by atoms with E-state index in [4.69, 9.17) is 0 Å². The summed E-state index contributed by atoms with van der Waals surface area (Å²) in [7, 11) is 0. The maximum Gasteiger partial charge on any atom is 0.123 e. The Morgan fingerprint density at radius 1 is 0.450 bits per heavy atom. The predicted octanol–water partition coefficient (Wildman–Crippen LogP) is 5.42. The van der Waals surface area contributed by atoms with Crippen LogP contribution < -0.4 is 0 Å². The Bertz CT molecular complexity index is 890. The molecule has 96 valence electrons. The monoisotopic (exact) mass is 264 g/mol. The number of halogens is 2. The van der Waals surface area contributed by atoms with Crippen LogP contribution in [0.2, 0.25) is 0 Å². The van der Waals surface area contributed by atoms with E-state index < -0.39 is 0 Å². The highest BCUT2D eigenvalue weighted by atomic mass is 19.1. The van der Waals surface area contributed by atoms with Crippen LogP contribution in [0, 0.1) is 11.6 Å². The van der Waals surface area contributed by atoms with Gasteiger partial charge in [-0.2, -0.15) is 0 Å². The molecule has 20 heavy (non-hydrogen) atoms. The third-order valence-corrected chi connectivity index (χ3v) is 3.76. The van der Waals surface area contributed by atoms with Crippen molar-refractivity contribution in [3.8, 4) is 0 Å². The van der Waals surface area contributed by atoms with E-state index in [9.17, 15) is 8.78 Å². The van der Waals surface area contributed by atoms with Gasteiger partial charge >= 0.3 is 0 Å². The molecule has 0 atom stereocenters. The van der Waals surface area contributed by atoms with Gasteiger partial charge in [0.05, 0.1) is 0 Å². The molecule has 2 heteroatoms. The van der Waals surface area contributed by atoms with E-state index in [0.29, 0.717) is 0 Å². The molecule has 0 spiro atoms. The molecule has 0 saturated heterocycles. The lowest BCUT2D eigenvalue weighted by Crippen LogP contribution is -1.83. The summed E-state index contributed by atoms with van der Waals surface area (Å²) in [6.07, 6.45) is 0. The summed E-state index contributed by atoms with van der Waals surface area (Å²) in [4.78, 5) is 0. The van der Waals surface area contributed by atoms with Crippen LogP contribution in [0.5, 0.6) is 0 Å². The first-order valence-corrected chi connectivity index (χ1v) is 6.43. The third-order valence-electron chi connectivity index (χ3n) is 3.76. The van der Waals surface area contributed by atoms with Crippen molar-refractivity contribution in [2.45, 2.75) is 0 Å². The van der Waals surface area contributed by atoms with E-state index in [0.717, 1.165) is 32.3 Å². The third kappa shape index (κ3) is 1.58. The van der Waals surface area contributed by atoms with Crippen LogP contribution >= 0.6 is 0 Å². The van der Waals surface area contributed by atoms with Gasteiger partial charge in [0.1, 0.15) is 11.6 Å². The molecule has 0 aromatic heterocycles. The Hall–Kier alpha value is -2.48. The van der Waals surface area contributed by atoms with E-state index in [1.165, 1.54) is 24.3 Å². The SMILES string of the molecule is Fc1ccc2c(ccc3c4ccc(F)cc4ccc23)c1. The summed E-state index contributed by atoms with van der Waals surface area (Å²) in [5.41, 5.74) is 0. The maximum absolute atomic E-state index is 13.3. The molecule has 0 unspecified atom stereocenters. The van der Waals surface area contributed by atoms with E-state index in [-0.39, 0.29) is 11.6 Å². The van der Waals surface area contributed by atoms with E-state index in [2.05, 4.69) is 0 Å². The van der Waals surface area contributed by atoms with Gasteiger partial charge in [0.15, 0.2) is 0 Å². The molecule has 0 aliphatic heterocycles. The minimum absolute atomic E-state index is 0.236. The molecule has 0 aliphatic rings. The smallest absolute Gasteiger partial charge is 0.123 e. The second-order valence-corrected chi connectivity index (χ2v) is 4.96. The largest absolute Gasteiger partial charge is 0.207 e. The van der Waals surface area contributed by atoms with Crippen LogP contribution in [-0.4, -0.2) is 0 Å². The van der Waals surface area contributed by atoms with Crippen LogP contribution in [0.1, 0.15) is 0 Å². The average Bonchev–Trinajstić information content (AvgIpc) is 2.45. The Balaban J connectivity index is 2.21. The normalized spacial score (nSPS) is 11.5. The number of hydrogen-bond donors (Lipinski definition) is 0. The van der Waals surface area contributed by atoms with Gasteiger partial charge < -0.3 is 0 Å². The second kappa shape index (κ2) is 4.01. The van der Waals surface area contributed by atoms with Crippen molar-refractivity contribution in [1.29, 1.82) is 0 Å². The number of hydrogen-bond acceptors (Lipinski definition) is 0. The Morgan fingerprint density at radius 3 is 1.30 bits per heavy atom. The zero-order chi connectivity index (χ0) is 13.7. The topological polar surface area (TPSA) is 0 Å². The molecule has 0 amide bonds. The first-order chi connectivity index (χ1) is 9.72. The van der Waals surface area contributed by atoms with Crippen molar-refractivity contribution >= 4 is 32.3 Å². The average molecular weight is 264 g/mol. The van der Waals surface area contributed by atoms with E-state index in [1.807, 2.05) is 24.3 Å². The first-order valence-electron chi connectivity index (χ1n) is 6.43. The molecule has 0 N–H and O–H groups in total. The molecular weight excluding hydrogens is 254 g/mol. The summed E-state index contributed by atoms with van der Waals surface area (Å²) in [5.74, 6) is -0.473. The number of rotatable bonds is 0. The van der Waals surface area contributed by atoms with Crippen molar-refractivity contribution in [2.24, 2.45) is 0 Å². The summed E-state index contributed by atoms with van der Waals surface area (Å²) in [5, 5.41) is 5.88.